The molecule has 166 valence electrons. The third-order valence-corrected chi connectivity index (χ3v) is 6.68. The number of likely N-dealkylation sites (tertiary alicyclic amines) is 1. The fraction of sp³-hybridized carbons (Fsp3) is 0.348. The van der Waals surface area contributed by atoms with E-state index >= 15 is 0 Å². The van der Waals surface area contributed by atoms with E-state index < -0.39 is 10.0 Å². The molecule has 1 aliphatic heterocycles. The second-order valence-corrected chi connectivity index (χ2v) is 9.44. The summed E-state index contributed by atoms with van der Waals surface area (Å²) >= 11 is 0. The highest BCUT2D eigenvalue weighted by atomic mass is 32.2. The largest absolute Gasteiger partial charge is 0.393 e. The van der Waals surface area contributed by atoms with Gasteiger partial charge in [-0.2, -0.15) is 0 Å². The van der Waals surface area contributed by atoms with Crippen molar-refractivity contribution in [2.75, 3.05) is 19.6 Å². The van der Waals surface area contributed by atoms with Crippen LogP contribution in [0.4, 0.5) is 0 Å². The third-order valence-electron chi connectivity index (χ3n) is 5.26. The second-order valence-electron chi connectivity index (χ2n) is 7.67. The Morgan fingerprint density at radius 3 is 2.48 bits per heavy atom. The number of sulfonamides is 1. The van der Waals surface area contributed by atoms with Gasteiger partial charge in [0, 0.05) is 38.3 Å². The number of nitrogens with zero attached hydrogens (tertiary/aromatic N) is 1. The van der Waals surface area contributed by atoms with E-state index in [-0.39, 0.29) is 29.0 Å². The van der Waals surface area contributed by atoms with Gasteiger partial charge in [0.25, 0.3) is 5.91 Å². The Hall–Kier alpha value is -2.52. The molecule has 2 aromatic carbocycles. The zero-order valence-electron chi connectivity index (χ0n) is 17.5. The number of aliphatic hydroxyl groups excluding tert-OH is 1. The molecule has 7 nitrogen and oxygen atoms in total. The van der Waals surface area contributed by atoms with E-state index in [2.05, 4.69) is 21.5 Å². The van der Waals surface area contributed by atoms with Crippen LogP contribution in [0.1, 0.15) is 34.3 Å². The molecule has 0 spiro atoms. The first-order valence-corrected chi connectivity index (χ1v) is 11.8. The van der Waals surface area contributed by atoms with Gasteiger partial charge < -0.3 is 10.4 Å². The summed E-state index contributed by atoms with van der Waals surface area (Å²) in [6.07, 6.45) is 2.91. The Morgan fingerprint density at radius 2 is 1.81 bits per heavy atom. The van der Waals surface area contributed by atoms with Crippen molar-refractivity contribution in [1.29, 1.82) is 0 Å². The Balaban J connectivity index is 1.54. The molecule has 31 heavy (non-hydrogen) atoms. The van der Waals surface area contributed by atoms with Crippen LogP contribution in [0, 0.1) is 0 Å². The molecule has 8 heteroatoms. The molecule has 3 rings (SSSR count). The quantitative estimate of drug-likeness (QED) is 0.515. The minimum Gasteiger partial charge on any atom is -0.393 e. The number of aliphatic hydroxyl groups is 1. The number of carbonyl (C=O) groups is 1. The van der Waals surface area contributed by atoms with Crippen LogP contribution in [0.15, 0.2) is 66.1 Å². The molecule has 1 saturated heterocycles. The van der Waals surface area contributed by atoms with Crippen molar-refractivity contribution in [3.8, 4) is 0 Å². The first kappa shape index (κ1) is 23.1. The Kier molecular flexibility index (Phi) is 7.97. The van der Waals surface area contributed by atoms with Crippen LogP contribution in [-0.2, 0) is 23.1 Å². The zero-order chi connectivity index (χ0) is 22.3. The van der Waals surface area contributed by atoms with Crippen molar-refractivity contribution in [1.82, 2.24) is 14.9 Å². The van der Waals surface area contributed by atoms with Gasteiger partial charge in [0.05, 0.1) is 11.0 Å². The van der Waals surface area contributed by atoms with E-state index in [4.69, 9.17) is 0 Å². The normalized spacial score (nSPS) is 15.5. The topological polar surface area (TPSA) is 98.7 Å². The van der Waals surface area contributed by atoms with E-state index in [0.717, 1.165) is 38.0 Å². The van der Waals surface area contributed by atoms with Gasteiger partial charge in [-0.1, -0.05) is 36.4 Å². The van der Waals surface area contributed by atoms with E-state index in [1.54, 1.807) is 12.1 Å². The fourth-order valence-electron chi connectivity index (χ4n) is 3.44. The average Bonchev–Trinajstić information content (AvgIpc) is 2.78. The van der Waals surface area contributed by atoms with Gasteiger partial charge in [0.1, 0.15) is 0 Å². The molecule has 0 aliphatic carbocycles. The monoisotopic (exact) mass is 443 g/mol. The van der Waals surface area contributed by atoms with E-state index in [0.29, 0.717) is 6.54 Å². The molecular formula is C23H29N3O4S. The summed E-state index contributed by atoms with van der Waals surface area (Å²) in [5.41, 5.74) is 2.43. The number of benzene rings is 2. The zero-order valence-corrected chi connectivity index (χ0v) is 18.3. The fourth-order valence-corrected chi connectivity index (χ4v) is 4.48. The van der Waals surface area contributed by atoms with Crippen LogP contribution in [0.5, 0.6) is 0 Å². The molecule has 1 aliphatic rings. The van der Waals surface area contributed by atoms with Gasteiger partial charge in [-0.05, 0) is 42.2 Å². The number of hydrogen-bond acceptors (Lipinski definition) is 5. The van der Waals surface area contributed by atoms with Gasteiger partial charge in [0.2, 0.25) is 10.0 Å². The van der Waals surface area contributed by atoms with Crippen LogP contribution < -0.4 is 10.0 Å². The van der Waals surface area contributed by atoms with Crippen molar-refractivity contribution in [2.24, 2.45) is 0 Å². The molecule has 0 radical (unpaired) electrons. The highest BCUT2D eigenvalue weighted by molar-refractivity contribution is 7.89. The standard InChI is InChI=1S/C23H29N3O4S/c1-2-12-25-31(29,30)22-5-3-4-20(15-22)23(28)24-16-18-6-8-19(9-7-18)17-26-13-10-21(27)11-14-26/h2-9,15,21,25,27H,1,10-14,16-17H2,(H,24,28). The molecule has 0 bridgehead atoms. The summed E-state index contributed by atoms with van der Waals surface area (Å²) in [4.78, 5) is 14.9. The number of nitrogens with one attached hydrogen (secondary N) is 2. The van der Waals surface area contributed by atoms with Crippen molar-refractivity contribution in [2.45, 2.75) is 36.9 Å². The molecule has 2 aromatic rings. The summed E-state index contributed by atoms with van der Waals surface area (Å²) in [5, 5.41) is 12.4. The lowest BCUT2D eigenvalue weighted by Crippen LogP contribution is -2.35. The van der Waals surface area contributed by atoms with Crippen molar-refractivity contribution in [3.05, 3.63) is 77.9 Å². The van der Waals surface area contributed by atoms with E-state index in [9.17, 15) is 18.3 Å². The molecule has 1 amide bonds. The highest BCUT2D eigenvalue weighted by Gasteiger charge is 2.17. The molecule has 0 aromatic heterocycles. The molecular weight excluding hydrogens is 414 g/mol. The number of rotatable bonds is 9. The molecule has 1 heterocycles. The molecule has 1 fully saturated rings. The van der Waals surface area contributed by atoms with Gasteiger partial charge in [-0.15, -0.1) is 6.58 Å². The van der Waals surface area contributed by atoms with Crippen molar-refractivity contribution >= 4 is 15.9 Å². The highest BCUT2D eigenvalue weighted by Crippen LogP contribution is 2.15. The van der Waals surface area contributed by atoms with E-state index in [1.165, 1.54) is 23.8 Å². The molecule has 3 N–H and O–H groups in total. The predicted molar refractivity (Wildman–Crippen MR) is 120 cm³/mol. The maximum absolute atomic E-state index is 12.5. The number of carbonyl (C=O) groups excluding carboxylic acids is 1. The lowest BCUT2D eigenvalue weighted by molar-refractivity contribution is 0.0792. The Labute approximate surface area is 183 Å². The van der Waals surface area contributed by atoms with Gasteiger partial charge in [0.15, 0.2) is 0 Å². The SMILES string of the molecule is C=CCNS(=O)(=O)c1cccc(C(=O)NCc2ccc(CN3CCC(O)CC3)cc2)c1. The van der Waals surface area contributed by atoms with Crippen LogP contribution in [-0.4, -0.2) is 50.1 Å². The minimum absolute atomic E-state index is 0.0385. The van der Waals surface area contributed by atoms with Gasteiger partial charge in [-0.3, -0.25) is 9.69 Å². The predicted octanol–water partition coefficient (Wildman–Crippen LogP) is 2.04. The van der Waals surface area contributed by atoms with Gasteiger partial charge in [-0.25, -0.2) is 13.1 Å². The van der Waals surface area contributed by atoms with Crippen LogP contribution >= 0.6 is 0 Å². The van der Waals surface area contributed by atoms with Crippen molar-refractivity contribution in [3.63, 3.8) is 0 Å². The summed E-state index contributed by atoms with van der Waals surface area (Å²) in [6, 6.07) is 14.0. The molecule has 0 atom stereocenters. The maximum Gasteiger partial charge on any atom is 0.251 e. The molecule has 0 unspecified atom stereocenters. The summed E-state index contributed by atoms with van der Waals surface area (Å²) in [5.74, 6) is -0.336. The minimum atomic E-state index is -3.68. The Morgan fingerprint density at radius 1 is 1.13 bits per heavy atom. The van der Waals surface area contributed by atoms with Crippen molar-refractivity contribution < 1.29 is 18.3 Å². The lowest BCUT2D eigenvalue weighted by atomic mass is 10.1. The Bertz CT molecular complexity index is 998. The maximum atomic E-state index is 12.5. The lowest BCUT2D eigenvalue weighted by Gasteiger charge is -2.29. The molecule has 0 saturated carbocycles. The summed E-state index contributed by atoms with van der Waals surface area (Å²) in [6.45, 7) is 6.61. The number of hydrogen-bond donors (Lipinski definition) is 3. The van der Waals surface area contributed by atoms with Gasteiger partial charge >= 0.3 is 0 Å². The number of amides is 1. The van der Waals surface area contributed by atoms with Crippen LogP contribution in [0.2, 0.25) is 0 Å². The second kappa shape index (κ2) is 10.7. The summed E-state index contributed by atoms with van der Waals surface area (Å²) in [7, 11) is -3.68. The third kappa shape index (κ3) is 6.73. The smallest absolute Gasteiger partial charge is 0.251 e. The first-order valence-electron chi connectivity index (χ1n) is 10.3. The van der Waals surface area contributed by atoms with Crippen LogP contribution in [0.25, 0.3) is 0 Å². The summed E-state index contributed by atoms with van der Waals surface area (Å²) < 4.78 is 26.9. The van der Waals surface area contributed by atoms with E-state index in [1.807, 2.05) is 24.3 Å². The number of piperidine rings is 1. The first-order chi connectivity index (χ1) is 14.9. The average molecular weight is 444 g/mol. The van der Waals surface area contributed by atoms with Crippen LogP contribution in [0.3, 0.4) is 0 Å².